The molecule has 1 atom stereocenters. The first kappa shape index (κ1) is 24.8. The largest absolute Gasteiger partial charge is 0.490 e. The van der Waals surface area contributed by atoms with E-state index in [1.807, 2.05) is 20.8 Å². The van der Waals surface area contributed by atoms with Crippen molar-refractivity contribution in [1.29, 1.82) is 0 Å². The Morgan fingerprint density at radius 3 is 2.58 bits per heavy atom. The van der Waals surface area contributed by atoms with Crippen molar-refractivity contribution in [1.82, 2.24) is 4.90 Å². The molecule has 190 valence electrons. The van der Waals surface area contributed by atoms with Crippen molar-refractivity contribution >= 4 is 12.0 Å². The summed E-state index contributed by atoms with van der Waals surface area (Å²) < 4.78 is 24.1. The molecule has 3 aromatic rings. The third-order valence-electron chi connectivity index (χ3n) is 6.87. The van der Waals surface area contributed by atoms with Crippen molar-refractivity contribution in [2.45, 2.75) is 58.0 Å². The van der Waals surface area contributed by atoms with E-state index in [-0.39, 0.29) is 0 Å². The summed E-state index contributed by atoms with van der Waals surface area (Å²) in [6.45, 7) is 11.9. The van der Waals surface area contributed by atoms with Crippen LogP contribution in [0.4, 0.5) is 0 Å². The zero-order valence-corrected chi connectivity index (χ0v) is 22.5. The molecule has 3 aliphatic rings. The first-order valence-electron chi connectivity index (χ1n) is 13.0. The Hall–Kier alpha value is -2.83. The average Bonchev–Trinajstić information content (AvgIpc) is 2.92. The molecule has 0 aromatic heterocycles. The van der Waals surface area contributed by atoms with Gasteiger partial charge in [0.15, 0.2) is 23.0 Å². The highest BCUT2D eigenvalue weighted by Gasteiger charge is 2.35. The van der Waals surface area contributed by atoms with Gasteiger partial charge in [0.2, 0.25) is 0 Å². The summed E-state index contributed by atoms with van der Waals surface area (Å²) >= 11 is 1.39. The van der Waals surface area contributed by atoms with Crippen LogP contribution in [0.5, 0.6) is 23.0 Å². The summed E-state index contributed by atoms with van der Waals surface area (Å²) in [4.78, 5) is 3.66. The van der Waals surface area contributed by atoms with Crippen molar-refractivity contribution < 1.29 is 18.4 Å². The second-order valence-electron chi connectivity index (χ2n) is 9.08. The molecular weight excluding hydrogens is 470 g/mol. The first-order chi connectivity index (χ1) is 17.7. The molecule has 5 nitrogen and oxygen atoms in total. The molecule has 0 aliphatic carbocycles. The SMILES string of the molecule is CC.CCOc1c(OSc2cccc(C)c2)ccc2c1CN1CCc3cc4c(cc3C1C2)OCCO4. The molecule has 0 amide bonds. The fourth-order valence-electron chi connectivity index (χ4n) is 5.27. The molecule has 3 aliphatic heterocycles. The summed E-state index contributed by atoms with van der Waals surface area (Å²) in [5.74, 6) is 3.44. The van der Waals surface area contributed by atoms with Crippen LogP contribution in [-0.2, 0) is 19.4 Å². The lowest BCUT2D eigenvalue weighted by atomic mass is 9.83. The van der Waals surface area contributed by atoms with E-state index in [1.165, 1.54) is 39.9 Å². The Labute approximate surface area is 218 Å². The van der Waals surface area contributed by atoms with Crippen LogP contribution in [0.3, 0.4) is 0 Å². The van der Waals surface area contributed by atoms with Crippen LogP contribution in [0.25, 0.3) is 0 Å². The van der Waals surface area contributed by atoms with Crippen molar-refractivity contribution in [2.75, 3.05) is 26.4 Å². The van der Waals surface area contributed by atoms with Crippen LogP contribution < -0.4 is 18.4 Å². The van der Waals surface area contributed by atoms with Crippen molar-refractivity contribution in [3.05, 3.63) is 76.3 Å². The van der Waals surface area contributed by atoms with Crippen LogP contribution in [0, 0.1) is 6.92 Å². The zero-order chi connectivity index (χ0) is 25.1. The van der Waals surface area contributed by atoms with Crippen molar-refractivity contribution in [2.24, 2.45) is 0 Å². The second kappa shape index (κ2) is 11.1. The normalized spacial score (nSPS) is 17.6. The van der Waals surface area contributed by atoms with Crippen LogP contribution in [-0.4, -0.2) is 31.3 Å². The average molecular weight is 506 g/mol. The highest BCUT2D eigenvalue weighted by molar-refractivity contribution is 7.95. The van der Waals surface area contributed by atoms with E-state index in [1.54, 1.807) is 0 Å². The van der Waals surface area contributed by atoms with Crippen LogP contribution in [0.15, 0.2) is 53.4 Å². The summed E-state index contributed by atoms with van der Waals surface area (Å²) in [6, 6.07) is 17.4. The van der Waals surface area contributed by atoms with Crippen molar-refractivity contribution in [3.8, 4) is 23.0 Å². The molecular formula is C30H35NO4S. The second-order valence-corrected chi connectivity index (χ2v) is 9.89. The maximum Gasteiger partial charge on any atom is 0.180 e. The molecule has 0 saturated heterocycles. The molecule has 1 unspecified atom stereocenters. The van der Waals surface area contributed by atoms with Crippen LogP contribution in [0.1, 0.15) is 54.6 Å². The lowest BCUT2D eigenvalue weighted by molar-refractivity contribution is 0.151. The van der Waals surface area contributed by atoms with Gasteiger partial charge in [-0.25, -0.2) is 0 Å². The van der Waals surface area contributed by atoms with E-state index in [2.05, 4.69) is 60.4 Å². The van der Waals surface area contributed by atoms with Gasteiger partial charge in [0.05, 0.1) is 18.6 Å². The maximum atomic E-state index is 6.19. The van der Waals surface area contributed by atoms with E-state index in [0.717, 1.165) is 53.8 Å². The summed E-state index contributed by atoms with van der Waals surface area (Å²) in [5.41, 5.74) is 6.56. The molecule has 0 bridgehead atoms. The predicted molar refractivity (Wildman–Crippen MR) is 145 cm³/mol. The molecule has 0 N–H and O–H groups in total. The van der Waals surface area contributed by atoms with Gasteiger partial charge in [0, 0.05) is 29.6 Å². The minimum Gasteiger partial charge on any atom is -0.490 e. The lowest BCUT2D eigenvalue weighted by Crippen LogP contribution is -2.39. The third-order valence-corrected chi connectivity index (χ3v) is 7.58. The highest BCUT2D eigenvalue weighted by Crippen LogP contribution is 2.47. The topological polar surface area (TPSA) is 40.2 Å². The number of rotatable bonds is 5. The van der Waals surface area contributed by atoms with E-state index in [9.17, 15) is 0 Å². The molecule has 6 rings (SSSR count). The Morgan fingerprint density at radius 1 is 1.00 bits per heavy atom. The number of fused-ring (bicyclic) bond motifs is 5. The molecule has 36 heavy (non-hydrogen) atoms. The fourth-order valence-corrected chi connectivity index (χ4v) is 5.96. The molecule has 0 fully saturated rings. The smallest absolute Gasteiger partial charge is 0.180 e. The van der Waals surface area contributed by atoms with Gasteiger partial charge >= 0.3 is 0 Å². The van der Waals surface area contributed by atoms with Crippen LogP contribution >= 0.6 is 12.0 Å². The van der Waals surface area contributed by atoms with E-state index >= 15 is 0 Å². The van der Waals surface area contributed by atoms with E-state index < -0.39 is 0 Å². The zero-order valence-electron chi connectivity index (χ0n) is 21.6. The standard InChI is InChI=1S/C28H29NO4S.C2H6/c1-3-30-28-23-17-29-10-9-20-15-26-27(32-12-11-31-26)16-22(20)24(29)14-19(23)7-8-25(28)33-34-21-6-4-5-18(2)13-21;1-2/h4-8,13,15-16,24H,3,9-12,14,17H2,1-2H3;1-2H3. The molecule has 0 spiro atoms. The van der Waals surface area contributed by atoms with E-state index in [4.69, 9.17) is 18.4 Å². The van der Waals surface area contributed by atoms with Gasteiger partial charge in [-0.15, -0.1) is 0 Å². The van der Waals surface area contributed by atoms with Crippen LogP contribution in [0.2, 0.25) is 0 Å². The number of nitrogens with zero attached hydrogens (tertiary/aromatic N) is 1. The summed E-state index contributed by atoms with van der Waals surface area (Å²) in [6.07, 6.45) is 1.97. The van der Waals surface area contributed by atoms with Gasteiger partial charge in [-0.05, 0) is 79.3 Å². The van der Waals surface area contributed by atoms with E-state index in [0.29, 0.717) is 25.9 Å². The maximum absolute atomic E-state index is 6.19. The Bertz CT molecular complexity index is 1230. The fraction of sp³-hybridized carbons (Fsp3) is 0.400. The van der Waals surface area contributed by atoms with Gasteiger partial charge in [0.1, 0.15) is 13.2 Å². The highest BCUT2D eigenvalue weighted by atomic mass is 32.2. The Balaban J connectivity index is 0.00000130. The quantitative estimate of drug-likeness (QED) is 0.350. The number of benzene rings is 3. The summed E-state index contributed by atoms with van der Waals surface area (Å²) in [7, 11) is 0. The van der Waals surface area contributed by atoms with Gasteiger partial charge in [0.25, 0.3) is 0 Å². The monoisotopic (exact) mass is 505 g/mol. The lowest BCUT2D eigenvalue weighted by Gasteiger charge is -2.42. The minimum atomic E-state index is 0.343. The van der Waals surface area contributed by atoms with Gasteiger partial charge in [-0.2, -0.15) is 0 Å². The Kier molecular flexibility index (Phi) is 7.63. The molecule has 3 aromatic carbocycles. The number of hydrogen-bond acceptors (Lipinski definition) is 6. The van der Waals surface area contributed by atoms with Gasteiger partial charge in [-0.3, -0.25) is 4.90 Å². The van der Waals surface area contributed by atoms with Gasteiger partial charge in [-0.1, -0.05) is 32.0 Å². The molecule has 0 radical (unpaired) electrons. The minimum absolute atomic E-state index is 0.343. The first-order valence-corrected chi connectivity index (χ1v) is 13.8. The molecule has 6 heteroatoms. The third kappa shape index (κ3) is 4.89. The van der Waals surface area contributed by atoms with Gasteiger partial charge < -0.3 is 18.4 Å². The predicted octanol–water partition coefficient (Wildman–Crippen LogP) is 6.93. The molecule has 0 saturated carbocycles. The number of hydrogen-bond donors (Lipinski definition) is 0. The Morgan fingerprint density at radius 2 is 1.81 bits per heavy atom. The molecule has 3 heterocycles. The number of aryl methyl sites for hydroxylation is 1. The number of ether oxygens (including phenoxy) is 3. The summed E-state index contributed by atoms with van der Waals surface area (Å²) in [5, 5.41) is 0. The van der Waals surface area contributed by atoms with Crippen molar-refractivity contribution in [3.63, 3.8) is 0 Å².